The van der Waals surface area contributed by atoms with E-state index >= 15 is 0 Å². The summed E-state index contributed by atoms with van der Waals surface area (Å²) < 4.78 is 18.7. The van der Waals surface area contributed by atoms with Crippen molar-refractivity contribution < 1.29 is 9.13 Å². The highest BCUT2D eigenvalue weighted by molar-refractivity contribution is 5.79. The predicted octanol–water partition coefficient (Wildman–Crippen LogP) is 2.21. The van der Waals surface area contributed by atoms with E-state index in [9.17, 15) is 4.39 Å². The van der Waals surface area contributed by atoms with E-state index < -0.39 is 0 Å². The van der Waals surface area contributed by atoms with E-state index in [2.05, 4.69) is 19.9 Å². The number of ether oxygens (including phenoxy) is 1. The zero-order valence-corrected chi connectivity index (χ0v) is 11.2. The van der Waals surface area contributed by atoms with Crippen molar-refractivity contribution in [1.82, 2.24) is 19.9 Å². The quantitative estimate of drug-likeness (QED) is 0.794. The monoisotopic (exact) mass is 285 g/mol. The Morgan fingerprint density at radius 3 is 2.86 bits per heavy atom. The number of hydrogen-bond acceptors (Lipinski definition) is 6. The van der Waals surface area contributed by atoms with Gasteiger partial charge in [-0.25, -0.2) is 14.4 Å². The number of aromatic nitrogens is 4. The van der Waals surface area contributed by atoms with Gasteiger partial charge >= 0.3 is 0 Å². The Morgan fingerprint density at radius 1 is 1.24 bits per heavy atom. The number of nitrogens with two attached hydrogens (primary N) is 1. The number of nitrogen functional groups attached to an aromatic ring is 1. The molecule has 0 aliphatic heterocycles. The first-order valence-electron chi connectivity index (χ1n) is 6.36. The van der Waals surface area contributed by atoms with Crippen LogP contribution in [0.1, 0.15) is 6.92 Å². The fourth-order valence-corrected chi connectivity index (χ4v) is 1.92. The highest BCUT2D eigenvalue weighted by Crippen LogP contribution is 2.24. The molecular weight excluding hydrogens is 273 g/mol. The molecule has 0 unspecified atom stereocenters. The third-order valence-corrected chi connectivity index (χ3v) is 2.79. The minimum Gasteiger partial charge on any atom is -0.476 e. The Morgan fingerprint density at radius 2 is 2.10 bits per heavy atom. The highest BCUT2D eigenvalue weighted by atomic mass is 19.1. The molecule has 2 aromatic heterocycles. The molecule has 6 nitrogen and oxygen atoms in total. The van der Waals surface area contributed by atoms with Crippen molar-refractivity contribution in [3.05, 3.63) is 36.3 Å². The Kier molecular flexibility index (Phi) is 3.31. The lowest BCUT2D eigenvalue weighted by Crippen LogP contribution is -2.04. The molecule has 1 aromatic carbocycles. The fraction of sp³-hybridized carbons (Fsp3) is 0.143. The van der Waals surface area contributed by atoms with Crippen molar-refractivity contribution in [3.63, 3.8) is 0 Å². The van der Waals surface area contributed by atoms with Gasteiger partial charge in [0.2, 0.25) is 11.8 Å². The van der Waals surface area contributed by atoms with Crippen molar-refractivity contribution in [3.8, 4) is 17.1 Å². The molecule has 106 valence electrons. The molecule has 0 aliphatic rings. The topological polar surface area (TPSA) is 86.8 Å². The van der Waals surface area contributed by atoms with Crippen molar-refractivity contribution in [2.75, 3.05) is 12.3 Å². The molecule has 3 aromatic rings. The van der Waals surface area contributed by atoms with Gasteiger partial charge < -0.3 is 10.5 Å². The van der Waals surface area contributed by atoms with Crippen molar-refractivity contribution in [1.29, 1.82) is 0 Å². The first kappa shape index (κ1) is 13.2. The smallest absolute Gasteiger partial charge is 0.247 e. The standard InChI is InChI=1S/C14H12FN5O/c1-2-21-13-11-12(19-14(16)20-13)17-7-10(18-11)8-4-3-5-9(15)6-8/h3-7H,2H2,1H3,(H2,16,17,19,20). The molecule has 2 N–H and O–H groups in total. The van der Waals surface area contributed by atoms with Gasteiger partial charge in [0.1, 0.15) is 5.82 Å². The second kappa shape index (κ2) is 5.28. The average molecular weight is 285 g/mol. The number of nitrogens with zero attached hydrogens (tertiary/aromatic N) is 4. The Hall–Kier alpha value is -2.83. The summed E-state index contributed by atoms with van der Waals surface area (Å²) in [5, 5.41) is 0. The summed E-state index contributed by atoms with van der Waals surface area (Å²) in [6, 6.07) is 6.11. The molecule has 3 rings (SSSR count). The molecule has 0 saturated carbocycles. The summed E-state index contributed by atoms with van der Waals surface area (Å²) in [6.45, 7) is 2.24. The molecule has 2 heterocycles. The predicted molar refractivity (Wildman–Crippen MR) is 76.1 cm³/mol. The summed E-state index contributed by atoms with van der Waals surface area (Å²) in [5.41, 5.74) is 7.46. The van der Waals surface area contributed by atoms with Gasteiger partial charge in [-0.2, -0.15) is 9.97 Å². The van der Waals surface area contributed by atoms with Crippen LogP contribution in [0.3, 0.4) is 0 Å². The Bertz CT molecular complexity index is 808. The van der Waals surface area contributed by atoms with Crippen LogP contribution < -0.4 is 10.5 Å². The van der Waals surface area contributed by atoms with Gasteiger partial charge in [0.25, 0.3) is 0 Å². The van der Waals surface area contributed by atoms with Gasteiger partial charge in [0.15, 0.2) is 11.2 Å². The van der Waals surface area contributed by atoms with E-state index in [4.69, 9.17) is 10.5 Å². The van der Waals surface area contributed by atoms with Crippen LogP contribution >= 0.6 is 0 Å². The fourth-order valence-electron chi connectivity index (χ4n) is 1.92. The molecule has 7 heteroatoms. The molecule has 0 radical (unpaired) electrons. The normalized spacial score (nSPS) is 10.8. The number of benzene rings is 1. The van der Waals surface area contributed by atoms with Gasteiger partial charge in [-0.1, -0.05) is 12.1 Å². The molecule has 0 spiro atoms. The lowest BCUT2D eigenvalue weighted by molar-refractivity contribution is 0.330. The van der Waals surface area contributed by atoms with Crippen molar-refractivity contribution >= 4 is 17.1 Å². The van der Waals surface area contributed by atoms with Crippen LogP contribution in [-0.4, -0.2) is 26.5 Å². The van der Waals surface area contributed by atoms with Gasteiger partial charge in [0, 0.05) is 5.56 Å². The summed E-state index contributed by atoms with van der Waals surface area (Å²) in [6.07, 6.45) is 1.51. The summed E-state index contributed by atoms with van der Waals surface area (Å²) in [7, 11) is 0. The molecule has 0 amide bonds. The lowest BCUT2D eigenvalue weighted by Gasteiger charge is -2.07. The minimum absolute atomic E-state index is 0.0683. The molecule has 0 saturated heterocycles. The van der Waals surface area contributed by atoms with Crippen LogP contribution in [0.5, 0.6) is 5.88 Å². The summed E-state index contributed by atoms with van der Waals surface area (Å²) in [4.78, 5) is 16.6. The number of rotatable bonds is 3. The second-order valence-electron chi connectivity index (χ2n) is 4.26. The minimum atomic E-state index is -0.340. The number of anilines is 1. The third kappa shape index (κ3) is 2.58. The molecule has 0 aliphatic carbocycles. The van der Waals surface area contributed by atoms with E-state index in [0.717, 1.165) is 0 Å². The van der Waals surface area contributed by atoms with Crippen LogP contribution in [0.4, 0.5) is 10.3 Å². The molecule has 0 fully saturated rings. The van der Waals surface area contributed by atoms with Gasteiger partial charge in [-0.15, -0.1) is 0 Å². The maximum atomic E-state index is 13.3. The number of halogens is 1. The second-order valence-corrected chi connectivity index (χ2v) is 4.26. The van der Waals surface area contributed by atoms with Gasteiger partial charge in [-0.05, 0) is 19.1 Å². The maximum absolute atomic E-state index is 13.3. The van der Waals surface area contributed by atoms with E-state index in [1.165, 1.54) is 18.3 Å². The van der Waals surface area contributed by atoms with Crippen molar-refractivity contribution in [2.24, 2.45) is 0 Å². The SMILES string of the molecule is CCOc1nc(N)nc2ncc(-c3cccc(F)c3)nc12. The average Bonchev–Trinajstić information content (AvgIpc) is 2.47. The zero-order valence-electron chi connectivity index (χ0n) is 11.2. The first-order valence-corrected chi connectivity index (χ1v) is 6.36. The number of fused-ring (bicyclic) bond motifs is 1. The Balaban J connectivity index is 2.19. The van der Waals surface area contributed by atoms with E-state index in [1.807, 2.05) is 6.92 Å². The van der Waals surface area contributed by atoms with E-state index in [-0.39, 0.29) is 17.6 Å². The summed E-state index contributed by atoms with van der Waals surface area (Å²) in [5.74, 6) is -0.00232. The third-order valence-electron chi connectivity index (χ3n) is 2.79. The molecule has 0 bridgehead atoms. The van der Waals surface area contributed by atoms with E-state index in [0.29, 0.717) is 29.0 Å². The van der Waals surface area contributed by atoms with Gasteiger partial charge in [-0.3, -0.25) is 0 Å². The Labute approximate surface area is 119 Å². The lowest BCUT2D eigenvalue weighted by atomic mass is 10.1. The summed E-state index contributed by atoms with van der Waals surface area (Å²) >= 11 is 0. The largest absolute Gasteiger partial charge is 0.476 e. The van der Waals surface area contributed by atoms with Crippen molar-refractivity contribution in [2.45, 2.75) is 6.92 Å². The molecule has 0 atom stereocenters. The van der Waals surface area contributed by atoms with Crippen LogP contribution in [0, 0.1) is 5.82 Å². The maximum Gasteiger partial charge on any atom is 0.247 e. The van der Waals surface area contributed by atoms with Crippen LogP contribution in [0.25, 0.3) is 22.4 Å². The van der Waals surface area contributed by atoms with Crippen LogP contribution in [-0.2, 0) is 0 Å². The zero-order chi connectivity index (χ0) is 14.8. The molecule has 21 heavy (non-hydrogen) atoms. The molecular formula is C14H12FN5O. The highest BCUT2D eigenvalue weighted by Gasteiger charge is 2.12. The number of hydrogen-bond donors (Lipinski definition) is 1. The van der Waals surface area contributed by atoms with Gasteiger partial charge in [0.05, 0.1) is 18.5 Å². The first-order chi connectivity index (χ1) is 10.2. The van der Waals surface area contributed by atoms with Crippen LogP contribution in [0.2, 0.25) is 0 Å². The van der Waals surface area contributed by atoms with E-state index in [1.54, 1.807) is 12.1 Å². The van der Waals surface area contributed by atoms with Crippen LogP contribution in [0.15, 0.2) is 30.5 Å².